The molecule has 2 aliphatic carbocycles. The highest BCUT2D eigenvalue weighted by Crippen LogP contribution is 2.56. The molecule has 0 bridgehead atoms. The first-order chi connectivity index (χ1) is 16.2. The third kappa shape index (κ3) is 4.55. The van der Waals surface area contributed by atoms with Crippen LogP contribution in [0.5, 0.6) is 5.88 Å². The number of carbonyl (C=O) groups is 1. The first kappa shape index (κ1) is 22.9. The predicted molar refractivity (Wildman–Crippen MR) is 121 cm³/mol. The zero-order chi connectivity index (χ0) is 23.9. The second-order valence-corrected chi connectivity index (χ2v) is 9.97. The second-order valence-electron chi connectivity index (χ2n) is 9.97. The maximum atomic E-state index is 14.6. The molecule has 5 rings (SSSR count). The van der Waals surface area contributed by atoms with Gasteiger partial charge in [0.1, 0.15) is 6.10 Å². The fourth-order valence-electron chi connectivity index (χ4n) is 5.36. The monoisotopic (exact) mass is 473 g/mol. The number of halogens is 2. The van der Waals surface area contributed by atoms with Gasteiger partial charge in [-0.15, -0.1) is 10.2 Å². The van der Waals surface area contributed by atoms with E-state index in [1.807, 2.05) is 0 Å². The molecule has 1 saturated heterocycles. The molecule has 2 aromatic rings. The van der Waals surface area contributed by atoms with Crippen molar-refractivity contribution in [2.75, 3.05) is 18.4 Å². The Kier molecular flexibility index (Phi) is 5.87. The van der Waals surface area contributed by atoms with Crippen molar-refractivity contribution in [1.82, 2.24) is 20.1 Å². The van der Waals surface area contributed by atoms with E-state index in [0.717, 1.165) is 12.8 Å². The molecule has 3 heterocycles. The van der Waals surface area contributed by atoms with Gasteiger partial charge in [0.05, 0.1) is 12.0 Å². The molecule has 3 fully saturated rings. The first-order valence-corrected chi connectivity index (χ1v) is 11.8. The summed E-state index contributed by atoms with van der Waals surface area (Å²) in [5.41, 5.74) is 0.509. The number of anilines is 1. The maximum Gasteiger partial charge on any atom is 0.257 e. The molecule has 1 spiro atoms. The van der Waals surface area contributed by atoms with Crippen LogP contribution >= 0.6 is 0 Å². The summed E-state index contributed by atoms with van der Waals surface area (Å²) >= 11 is 0. The molecule has 8 nitrogen and oxygen atoms in total. The Morgan fingerprint density at radius 1 is 1.21 bits per heavy atom. The fraction of sp³-hybridized carbons (Fsp3) is 0.583. The molecule has 3 aliphatic rings. The maximum absolute atomic E-state index is 14.6. The van der Waals surface area contributed by atoms with Gasteiger partial charge in [-0.05, 0) is 49.7 Å². The van der Waals surface area contributed by atoms with Gasteiger partial charge in [0.15, 0.2) is 5.82 Å². The third-order valence-electron chi connectivity index (χ3n) is 7.71. The number of alkyl halides is 2. The number of nitrogens with one attached hydrogen (secondary N) is 2. The highest BCUT2D eigenvalue weighted by Gasteiger charge is 2.49. The number of pyridine rings is 1. The normalized spacial score (nSPS) is 24.6. The lowest BCUT2D eigenvalue weighted by Gasteiger charge is -2.53. The lowest BCUT2D eigenvalue weighted by Crippen LogP contribution is -2.52. The van der Waals surface area contributed by atoms with Crippen LogP contribution in [0.2, 0.25) is 0 Å². The molecule has 2 saturated carbocycles. The van der Waals surface area contributed by atoms with E-state index in [0.29, 0.717) is 16.9 Å². The molecule has 10 heteroatoms. The van der Waals surface area contributed by atoms with E-state index < -0.39 is 17.9 Å². The number of aromatic nitrogens is 3. The Balaban J connectivity index is 1.16. The minimum atomic E-state index is -2.93. The highest BCUT2D eigenvalue weighted by molar-refractivity contribution is 5.93. The Labute approximate surface area is 196 Å². The van der Waals surface area contributed by atoms with Gasteiger partial charge in [0, 0.05) is 37.8 Å². The topological polar surface area (TPSA) is 100 Å². The van der Waals surface area contributed by atoms with E-state index in [9.17, 15) is 18.4 Å². The molecule has 0 aromatic carbocycles. The molecule has 1 aliphatic heterocycles. The summed E-state index contributed by atoms with van der Waals surface area (Å²) in [5, 5.41) is 10.8. The Morgan fingerprint density at radius 3 is 2.62 bits per heavy atom. The van der Waals surface area contributed by atoms with Crippen LogP contribution in [0, 0.1) is 5.41 Å². The molecule has 2 aromatic heterocycles. The minimum Gasteiger partial charge on any atom is -0.473 e. The van der Waals surface area contributed by atoms with Crippen molar-refractivity contribution in [3.63, 3.8) is 0 Å². The van der Waals surface area contributed by atoms with E-state index in [-0.39, 0.29) is 42.9 Å². The van der Waals surface area contributed by atoms with E-state index in [1.54, 1.807) is 24.0 Å². The summed E-state index contributed by atoms with van der Waals surface area (Å²) in [6.07, 6.45) is 7.17. The number of piperidine rings is 1. The minimum absolute atomic E-state index is 0.00499. The van der Waals surface area contributed by atoms with Crippen molar-refractivity contribution in [2.24, 2.45) is 5.41 Å². The molecular formula is C24H29F2N5O3. The van der Waals surface area contributed by atoms with Gasteiger partial charge < -0.3 is 15.0 Å². The molecule has 2 atom stereocenters. The molecule has 1 amide bonds. The Morgan fingerprint density at radius 2 is 2.00 bits per heavy atom. The number of amides is 1. The summed E-state index contributed by atoms with van der Waals surface area (Å²) in [6, 6.07) is 5.33. The lowest BCUT2D eigenvalue weighted by molar-refractivity contribution is -0.125. The van der Waals surface area contributed by atoms with Crippen molar-refractivity contribution < 1.29 is 18.3 Å². The van der Waals surface area contributed by atoms with Crippen molar-refractivity contribution in [2.45, 2.75) is 69.4 Å². The standard InChI is InChI=1S/C24H29F2N5O3/c1-15(31-10-9-24(25,26)18(14-31)16-3-5-20(32)27-13-16)22(33)28-19-4-6-21(30-29-19)34-17-11-23(12-17)7-2-8-23/h3-6,13,15,17-18H,2,7-12,14H2,1H3,(H,27,32)(H,28,29,33)/t15?,18-/m1/s1. The summed E-state index contributed by atoms with van der Waals surface area (Å²) in [6.45, 7) is 1.76. The van der Waals surface area contributed by atoms with Crippen LogP contribution in [0.4, 0.5) is 14.6 Å². The summed E-state index contributed by atoms with van der Waals surface area (Å²) in [7, 11) is 0. The number of hydrogen-bond acceptors (Lipinski definition) is 6. The highest BCUT2D eigenvalue weighted by atomic mass is 19.3. The van der Waals surface area contributed by atoms with E-state index in [2.05, 4.69) is 20.5 Å². The number of rotatable bonds is 6. The number of hydrogen-bond donors (Lipinski definition) is 2. The number of H-pyrrole nitrogens is 1. The van der Waals surface area contributed by atoms with Crippen molar-refractivity contribution >= 4 is 11.7 Å². The van der Waals surface area contributed by atoms with Crippen LogP contribution in [-0.4, -0.2) is 57.1 Å². The average Bonchev–Trinajstić information content (AvgIpc) is 2.76. The number of likely N-dealkylation sites (tertiary alicyclic amines) is 1. The predicted octanol–water partition coefficient (Wildman–Crippen LogP) is 3.33. The molecular weight excluding hydrogens is 444 g/mol. The molecule has 1 unspecified atom stereocenters. The molecule has 182 valence electrons. The zero-order valence-electron chi connectivity index (χ0n) is 19.1. The summed E-state index contributed by atoms with van der Waals surface area (Å²) < 4.78 is 35.1. The largest absolute Gasteiger partial charge is 0.473 e. The quantitative estimate of drug-likeness (QED) is 0.668. The van der Waals surface area contributed by atoms with Gasteiger partial charge >= 0.3 is 0 Å². The van der Waals surface area contributed by atoms with Crippen molar-refractivity contribution in [1.29, 1.82) is 0 Å². The third-order valence-corrected chi connectivity index (χ3v) is 7.71. The number of carbonyl (C=O) groups excluding carboxylic acids is 1. The fourth-order valence-corrected chi connectivity index (χ4v) is 5.36. The number of aromatic amines is 1. The van der Waals surface area contributed by atoms with E-state index in [1.165, 1.54) is 37.6 Å². The van der Waals surface area contributed by atoms with Crippen molar-refractivity contribution in [3.8, 4) is 5.88 Å². The first-order valence-electron chi connectivity index (χ1n) is 11.8. The summed E-state index contributed by atoms with van der Waals surface area (Å²) in [4.78, 5) is 28.3. The van der Waals surface area contributed by atoms with Gasteiger partial charge in [0.25, 0.3) is 5.92 Å². The van der Waals surface area contributed by atoms with E-state index >= 15 is 0 Å². The lowest BCUT2D eigenvalue weighted by atomic mass is 9.55. The smallest absolute Gasteiger partial charge is 0.257 e. The average molecular weight is 474 g/mol. The van der Waals surface area contributed by atoms with Crippen LogP contribution in [0.25, 0.3) is 0 Å². The van der Waals surface area contributed by atoms with Crippen LogP contribution < -0.4 is 15.6 Å². The Bertz CT molecular complexity index is 1070. The van der Waals surface area contributed by atoms with Gasteiger partial charge in [-0.25, -0.2) is 8.78 Å². The number of nitrogens with zero attached hydrogens (tertiary/aromatic N) is 3. The molecule has 2 N–H and O–H groups in total. The van der Waals surface area contributed by atoms with Crippen molar-refractivity contribution in [3.05, 3.63) is 46.4 Å². The van der Waals surface area contributed by atoms with Gasteiger partial charge in [-0.3, -0.25) is 14.5 Å². The van der Waals surface area contributed by atoms with Crippen LogP contribution in [-0.2, 0) is 4.79 Å². The SMILES string of the molecule is CC(C(=O)Nc1ccc(OC2CC3(CCC3)C2)nn1)N1CCC(F)(F)[C@@H](c2ccc(=O)[nH]c2)C1. The molecule has 0 radical (unpaired) electrons. The van der Waals surface area contributed by atoms with Crippen LogP contribution in [0.15, 0.2) is 35.3 Å². The number of ether oxygens (including phenoxy) is 1. The van der Waals surface area contributed by atoms with Crippen LogP contribution in [0.3, 0.4) is 0 Å². The van der Waals surface area contributed by atoms with Gasteiger partial charge in [-0.1, -0.05) is 12.5 Å². The van der Waals surface area contributed by atoms with Gasteiger partial charge in [-0.2, -0.15) is 0 Å². The van der Waals surface area contributed by atoms with Gasteiger partial charge in [0.2, 0.25) is 17.3 Å². The second kappa shape index (κ2) is 8.72. The Hall–Kier alpha value is -2.88. The van der Waals surface area contributed by atoms with E-state index in [4.69, 9.17) is 4.74 Å². The molecule has 34 heavy (non-hydrogen) atoms. The van der Waals surface area contributed by atoms with Crippen LogP contribution in [0.1, 0.15) is 56.9 Å². The summed E-state index contributed by atoms with van der Waals surface area (Å²) in [5.74, 6) is -3.67. The zero-order valence-corrected chi connectivity index (χ0v) is 19.1.